The van der Waals surface area contributed by atoms with E-state index in [-0.39, 0.29) is 35.1 Å². The van der Waals surface area contributed by atoms with Crippen molar-refractivity contribution in [2.45, 2.75) is 0 Å². The topological polar surface area (TPSA) is 95.6 Å². The van der Waals surface area contributed by atoms with Gasteiger partial charge in [-0.1, -0.05) is 41.4 Å². The minimum Gasteiger partial charge on any atom is -0.353 e. The third-order valence-corrected chi connectivity index (χ3v) is 6.04. The maximum Gasteiger partial charge on any atom is 0.293 e. The molecular formula is C21H16Cl2FN3O4S. The first kappa shape index (κ1) is 23.8. The Bertz CT molecular complexity index is 1130. The van der Waals surface area contributed by atoms with Gasteiger partial charge in [-0.2, -0.15) is 0 Å². The zero-order valence-corrected chi connectivity index (χ0v) is 18.7. The number of rotatable bonds is 7. The van der Waals surface area contributed by atoms with Gasteiger partial charge in [0, 0.05) is 18.7 Å². The van der Waals surface area contributed by atoms with E-state index >= 15 is 0 Å². The first-order chi connectivity index (χ1) is 15.3. The summed E-state index contributed by atoms with van der Waals surface area (Å²) >= 11 is 12.8. The fourth-order valence-corrected chi connectivity index (χ4v) is 3.95. The average Bonchev–Trinajstić information content (AvgIpc) is 3.02. The molecule has 3 rings (SSSR count). The highest BCUT2D eigenvalue weighted by Crippen LogP contribution is 2.34. The van der Waals surface area contributed by atoms with E-state index in [4.69, 9.17) is 23.2 Å². The molecule has 0 saturated carbocycles. The van der Waals surface area contributed by atoms with Gasteiger partial charge in [0.1, 0.15) is 5.82 Å². The van der Waals surface area contributed by atoms with Crippen LogP contribution in [0.5, 0.6) is 0 Å². The van der Waals surface area contributed by atoms with E-state index in [0.717, 1.165) is 22.7 Å². The summed E-state index contributed by atoms with van der Waals surface area (Å²) in [6.07, 6.45) is 1.49. The number of hydrogen-bond donors (Lipinski definition) is 2. The maximum absolute atomic E-state index is 13.2. The number of hydrogen-bond acceptors (Lipinski definition) is 5. The van der Waals surface area contributed by atoms with Crippen LogP contribution in [0.25, 0.3) is 6.08 Å². The minimum absolute atomic E-state index is 0.00207. The molecule has 0 spiro atoms. The molecule has 11 heteroatoms. The molecule has 2 aromatic rings. The van der Waals surface area contributed by atoms with Gasteiger partial charge in [-0.15, -0.1) is 0 Å². The molecule has 0 atom stereocenters. The monoisotopic (exact) mass is 495 g/mol. The predicted octanol–water partition coefficient (Wildman–Crippen LogP) is 3.72. The van der Waals surface area contributed by atoms with Gasteiger partial charge in [-0.3, -0.25) is 24.1 Å². The van der Waals surface area contributed by atoms with Crippen molar-refractivity contribution < 1.29 is 23.6 Å². The Labute approximate surface area is 196 Å². The highest BCUT2D eigenvalue weighted by Gasteiger charge is 2.34. The van der Waals surface area contributed by atoms with Crippen LogP contribution in [-0.2, 0) is 9.59 Å². The Morgan fingerprint density at radius 1 is 1.09 bits per heavy atom. The first-order valence-corrected chi connectivity index (χ1v) is 10.8. The van der Waals surface area contributed by atoms with Crippen LogP contribution in [0.2, 0.25) is 10.0 Å². The Balaban J connectivity index is 1.49. The lowest BCUT2D eigenvalue weighted by Gasteiger charge is -2.13. The Morgan fingerprint density at radius 3 is 2.59 bits per heavy atom. The molecule has 32 heavy (non-hydrogen) atoms. The molecule has 1 heterocycles. The van der Waals surface area contributed by atoms with Crippen molar-refractivity contribution in [1.29, 1.82) is 0 Å². The van der Waals surface area contributed by atoms with Crippen molar-refractivity contribution in [3.8, 4) is 0 Å². The summed E-state index contributed by atoms with van der Waals surface area (Å²) in [6.45, 7) is -0.392. The number of nitrogens with one attached hydrogen (secondary N) is 2. The summed E-state index contributed by atoms with van der Waals surface area (Å²) in [7, 11) is 0. The van der Waals surface area contributed by atoms with E-state index in [0.29, 0.717) is 10.6 Å². The predicted molar refractivity (Wildman–Crippen MR) is 121 cm³/mol. The van der Waals surface area contributed by atoms with E-state index in [1.165, 1.54) is 24.3 Å². The molecule has 166 valence electrons. The molecule has 2 aromatic carbocycles. The van der Waals surface area contributed by atoms with Gasteiger partial charge >= 0.3 is 0 Å². The maximum atomic E-state index is 13.2. The van der Waals surface area contributed by atoms with Gasteiger partial charge in [0.2, 0.25) is 5.91 Å². The van der Waals surface area contributed by atoms with E-state index < -0.39 is 28.8 Å². The van der Waals surface area contributed by atoms with Gasteiger partial charge in [-0.05, 0) is 47.7 Å². The van der Waals surface area contributed by atoms with Crippen LogP contribution in [0.15, 0.2) is 47.4 Å². The second-order valence-corrected chi connectivity index (χ2v) is 8.30. The Kier molecular flexibility index (Phi) is 7.89. The van der Waals surface area contributed by atoms with Crippen LogP contribution < -0.4 is 10.6 Å². The van der Waals surface area contributed by atoms with E-state index in [2.05, 4.69) is 10.6 Å². The molecule has 1 aliphatic rings. The molecule has 0 bridgehead atoms. The van der Waals surface area contributed by atoms with E-state index in [1.54, 1.807) is 18.2 Å². The summed E-state index contributed by atoms with van der Waals surface area (Å²) in [5.74, 6) is -2.20. The van der Waals surface area contributed by atoms with Crippen LogP contribution >= 0.6 is 35.0 Å². The minimum atomic E-state index is -0.601. The lowest BCUT2D eigenvalue weighted by atomic mass is 10.2. The van der Waals surface area contributed by atoms with Crippen molar-refractivity contribution in [3.63, 3.8) is 0 Å². The highest BCUT2D eigenvalue weighted by atomic mass is 35.5. The molecule has 0 radical (unpaired) electrons. The summed E-state index contributed by atoms with van der Waals surface area (Å²) in [5.41, 5.74) is 0.592. The lowest BCUT2D eigenvalue weighted by Crippen LogP contribution is -2.41. The Hall–Kier alpha value is -2.88. The van der Waals surface area contributed by atoms with Crippen LogP contribution in [0.3, 0.4) is 0 Å². The molecule has 7 nitrogen and oxygen atoms in total. The van der Waals surface area contributed by atoms with E-state index in [9.17, 15) is 23.6 Å². The molecule has 0 aromatic heterocycles. The molecule has 4 amide bonds. The van der Waals surface area contributed by atoms with Crippen molar-refractivity contribution in [2.24, 2.45) is 0 Å². The van der Waals surface area contributed by atoms with Crippen molar-refractivity contribution in [3.05, 3.63) is 74.4 Å². The fraction of sp³-hybridized carbons (Fsp3) is 0.143. The van der Waals surface area contributed by atoms with Crippen LogP contribution in [0.1, 0.15) is 15.9 Å². The molecule has 0 unspecified atom stereocenters. The number of thioether (sulfide) groups is 1. The third-order valence-electron chi connectivity index (χ3n) is 4.30. The lowest BCUT2D eigenvalue weighted by molar-refractivity contribution is -0.124. The number of halogens is 3. The number of imide groups is 1. The normalized spacial score (nSPS) is 14.7. The summed E-state index contributed by atoms with van der Waals surface area (Å²) in [6, 6.07) is 10.0. The smallest absolute Gasteiger partial charge is 0.293 e. The van der Waals surface area contributed by atoms with Crippen molar-refractivity contribution in [1.82, 2.24) is 15.5 Å². The zero-order valence-electron chi connectivity index (χ0n) is 16.4. The fourth-order valence-electron chi connectivity index (χ4n) is 2.73. The first-order valence-electron chi connectivity index (χ1n) is 9.26. The molecule has 2 N–H and O–H groups in total. The highest BCUT2D eigenvalue weighted by molar-refractivity contribution is 8.18. The van der Waals surface area contributed by atoms with Crippen molar-refractivity contribution in [2.75, 3.05) is 19.6 Å². The number of carbonyl (C=O) groups is 4. The van der Waals surface area contributed by atoms with Crippen molar-refractivity contribution >= 4 is 64.0 Å². The summed E-state index contributed by atoms with van der Waals surface area (Å²) in [4.78, 5) is 49.7. The Morgan fingerprint density at radius 2 is 1.84 bits per heavy atom. The van der Waals surface area contributed by atoms with Gasteiger partial charge in [0.25, 0.3) is 17.1 Å². The van der Waals surface area contributed by atoms with Crippen LogP contribution in [0, 0.1) is 5.82 Å². The van der Waals surface area contributed by atoms with Gasteiger partial charge in [0.05, 0.1) is 21.5 Å². The summed E-state index contributed by atoms with van der Waals surface area (Å²) < 4.78 is 13.2. The molecular weight excluding hydrogens is 480 g/mol. The second kappa shape index (κ2) is 10.6. The van der Waals surface area contributed by atoms with Gasteiger partial charge < -0.3 is 10.6 Å². The van der Waals surface area contributed by atoms with Gasteiger partial charge in [0.15, 0.2) is 0 Å². The quantitative estimate of drug-likeness (QED) is 0.570. The number of benzene rings is 2. The number of nitrogens with zero attached hydrogens (tertiary/aromatic N) is 1. The third kappa shape index (κ3) is 5.87. The number of amides is 4. The van der Waals surface area contributed by atoms with Crippen LogP contribution in [0.4, 0.5) is 9.18 Å². The molecule has 1 fully saturated rings. The molecule has 1 aliphatic heterocycles. The van der Waals surface area contributed by atoms with Gasteiger partial charge in [-0.25, -0.2) is 4.39 Å². The standard InChI is InChI=1S/C21H16Cl2FN3O4S/c22-15-6-2-3-12(18(15)23)10-16-20(30)27(21(31)32-16)8-7-25-17(28)11-26-19(29)13-4-1-5-14(24)9-13/h1-6,9-10H,7-8,11H2,(H,25,28)(H,26,29). The molecule has 0 aliphatic carbocycles. The largest absolute Gasteiger partial charge is 0.353 e. The zero-order chi connectivity index (χ0) is 23.3. The SMILES string of the molecule is O=C(CNC(=O)c1cccc(F)c1)NCCN1C(=O)SC(=Cc2cccc(Cl)c2Cl)C1=O. The number of carbonyl (C=O) groups excluding carboxylic acids is 4. The molecule has 1 saturated heterocycles. The second-order valence-electron chi connectivity index (χ2n) is 6.52. The van der Waals surface area contributed by atoms with E-state index in [1.807, 2.05) is 0 Å². The average molecular weight is 496 g/mol. The summed E-state index contributed by atoms with van der Waals surface area (Å²) in [5, 5.41) is 4.99. The van der Waals surface area contributed by atoms with Crippen LogP contribution in [-0.4, -0.2) is 47.5 Å².